The molecule has 0 atom stereocenters. The van der Waals surface area contributed by atoms with Crippen LogP contribution in [0.3, 0.4) is 0 Å². The van der Waals surface area contributed by atoms with E-state index in [0.717, 1.165) is 13.1 Å². The van der Waals surface area contributed by atoms with Gasteiger partial charge in [-0.2, -0.15) is 0 Å². The van der Waals surface area contributed by atoms with Crippen LogP contribution in [0.2, 0.25) is 0 Å². The molecule has 23 heavy (non-hydrogen) atoms. The molecule has 0 aliphatic carbocycles. The van der Waals surface area contributed by atoms with Crippen LogP contribution in [-0.4, -0.2) is 42.1 Å². The Hall–Kier alpha value is -2.49. The van der Waals surface area contributed by atoms with Crippen molar-refractivity contribution in [2.75, 3.05) is 31.1 Å². The Balaban J connectivity index is 1.66. The van der Waals surface area contributed by atoms with E-state index < -0.39 is 0 Å². The summed E-state index contributed by atoms with van der Waals surface area (Å²) in [6.45, 7) is 7.35. The maximum absolute atomic E-state index is 12.5. The zero-order valence-electron chi connectivity index (χ0n) is 13.6. The van der Waals surface area contributed by atoms with Gasteiger partial charge in [-0.15, -0.1) is 0 Å². The Morgan fingerprint density at radius 2 is 1.61 bits per heavy atom. The molecule has 0 saturated carbocycles. The van der Waals surface area contributed by atoms with E-state index in [9.17, 15) is 9.90 Å². The standard InChI is InChI=1S/C19H22N2O2/c1-14-3-8-18(15(2)13-14)20-9-11-21(12-10-20)19(23)16-4-6-17(22)7-5-16/h3-8,13,22H,9-12H2,1-2H3. The van der Waals surface area contributed by atoms with E-state index in [1.165, 1.54) is 16.8 Å². The van der Waals surface area contributed by atoms with E-state index in [2.05, 4.69) is 36.9 Å². The first-order valence-corrected chi connectivity index (χ1v) is 7.95. The maximum atomic E-state index is 12.5. The average molecular weight is 310 g/mol. The van der Waals surface area contributed by atoms with Crippen LogP contribution < -0.4 is 4.90 Å². The first-order valence-electron chi connectivity index (χ1n) is 7.95. The highest BCUT2D eigenvalue weighted by Gasteiger charge is 2.22. The summed E-state index contributed by atoms with van der Waals surface area (Å²) in [5, 5.41) is 9.32. The Bertz CT molecular complexity index is 702. The second-order valence-corrected chi connectivity index (χ2v) is 6.12. The third-order valence-corrected chi connectivity index (χ3v) is 4.37. The predicted octanol–water partition coefficient (Wildman–Crippen LogP) is 2.97. The molecular formula is C19H22N2O2. The zero-order chi connectivity index (χ0) is 16.4. The molecule has 2 aromatic rings. The molecule has 1 N–H and O–H groups in total. The molecule has 1 saturated heterocycles. The number of phenolic OH excluding ortho intramolecular Hbond substituents is 1. The fraction of sp³-hybridized carbons (Fsp3) is 0.316. The SMILES string of the molecule is Cc1ccc(N2CCN(C(=O)c3ccc(O)cc3)CC2)c(C)c1. The number of carbonyl (C=O) groups is 1. The molecule has 4 nitrogen and oxygen atoms in total. The summed E-state index contributed by atoms with van der Waals surface area (Å²) < 4.78 is 0. The van der Waals surface area contributed by atoms with E-state index >= 15 is 0 Å². The van der Waals surface area contributed by atoms with Gasteiger partial charge in [0.15, 0.2) is 0 Å². The fourth-order valence-electron chi connectivity index (χ4n) is 3.10. The molecule has 1 fully saturated rings. The molecule has 3 rings (SSSR count). The number of aromatic hydroxyl groups is 1. The average Bonchev–Trinajstić information content (AvgIpc) is 2.55. The van der Waals surface area contributed by atoms with E-state index in [1.807, 2.05) is 4.90 Å². The van der Waals surface area contributed by atoms with E-state index in [0.29, 0.717) is 18.7 Å². The van der Waals surface area contributed by atoms with Gasteiger partial charge in [-0.25, -0.2) is 0 Å². The van der Waals surface area contributed by atoms with Gasteiger partial charge in [-0.3, -0.25) is 4.79 Å². The first-order chi connectivity index (χ1) is 11.0. The summed E-state index contributed by atoms with van der Waals surface area (Å²) in [5.74, 6) is 0.214. The van der Waals surface area contributed by atoms with Crippen molar-refractivity contribution in [2.24, 2.45) is 0 Å². The minimum Gasteiger partial charge on any atom is -0.508 e. The fourth-order valence-corrected chi connectivity index (χ4v) is 3.10. The Morgan fingerprint density at radius 1 is 0.957 bits per heavy atom. The van der Waals surface area contributed by atoms with Crippen LogP contribution in [0.1, 0.15) is 21.5 Å². The molecule has 0 spiro atoms. The van der Waals surface area contributed by atoms with Crippen LogP contribution in [0.25, 0.3) is 0 Å². The molecule has 0 unspecified atom stereocenters. The summed E-state index contributed by atoms with van der Waals surface area (Å²) in [7, 11) is 0. The van der Waals surface area contributed by atoms with Crippen LogP contribution in [0.5, 0.6) is 5.75 Å². The number of rotatable bonds is 2. The Kier molecular flexibility index (Phi) is 4.24. The number of carbonyl (C=O) groups excluding carboxylic acids is 1. The van der Waals surface area contributed by atoms with Gasteiger partial charge in [0.2, 0.25) is 0 Å². The van der Waals surface area contributed by atoms with Crippen LogP contribution in [0.15, 0.2) is 42.5 Å². The summed E-state index contributed by atoms with van der Waals surface area (Å²) in [6.07, 6.45) is 0. The van der Waals surface area contributed by atoms with Crippen molar-refractivity contribution in [3.8, 4) is 5.75 Å². The third kappa shape index (κ3) is 3.31. The number of benzene rings is 2. The van der Waals surface area contributed by atoms with Crippen molar-refractivity contribution >= 4 is 11.6 Å². The molecule has 1 amide bonds. The maximum Gasteiger partial charge on any atom is 0.253 e. The number of anilines is 1. The number of hydrogen-bond acceptors (Lipinski definition) is 3. The molecule has 1 aliphatic heterocycles. The lowest BCUT2D eigenvalue weighted by molar-refractivity contribution is 0.0747. The summed E-state index contributed by atoms with van der Waals surface area (Å²) >= 11 is 0. The molecule has 0 bridgehead atoms. The zero-order valence-corrected chi connectivity index (χ0v) is 13.6. The highest BCUT2D eigenvalue weighted by Crippen LogP contribution is 2.23. The largest absolute Gasteiger partial charge is 0.508 e. The van der Waals surface area contributed by atoms with Crippen LogP contribution in [0, 0.1) is 13.8 Å². The predicted molar refractivity (Wildman–Crippen MR) is 92.1 cm³/mol. The number of hydrogen-bond donors (Lipinski definition) is 1. The summed E-state index contributed by atoms with van der Waals surface area (Å²) in [4.78, 5) is 16.7. The Morgan fingerprint density at radius 3 is 2.22 bits per heavy atom. The molecule has 0 radical (unpaired) electrons. The molecule has 1 aliphatic rings. The molecule has 0 aromatic heterocycles. The minimum atomic E-state index is 0.0327. The second kappa shape index (κ2) is 6.32. The van der Waals surface area contributed by atoms with E-state index in [-0.39, 0.29) is 11.7 Å². The highest BCUT2D eigenvalue weighted by atomic mass is 16.3. The van der Waals surface area contributed by atoms with Crippen molar-refractivity contribution < 1.29 is 9.90 Å². The third-order valence-electron chi connectivity index (χ3n) is 4.37. The quantitative estimate of drug-likeness (QED) is 0.927. The Labute approximate surface area is 137 Å². The monoisotopic (exact) mass is 310 g/mol. The lowest BCUT2D eigenvalue weighted by Crippen LogP contribution is -2.49. The highest BCUT2D eigenvalue weighted by molar-refractivity contribution is 5.94. The number of piperazine rings is 1. The second-order valence-electron chi connectivity index (χ2n) is 6.12. The van der Waals surface area contributed by atoms with Crippen LogP contribution in [-0.2, 0) is 0 Å². The first kappa shape index (κ1) is 15.4. The van der Waals surface area contributed by atoms with Crippen molar-refractivity contribution in [1.82, 2.24) is 4.90 Å². The number of nitrogens with zero attached hydrogens (tertiary/aromatic N) is 2. The van der Waals surface area contributed by atoms with Crippen molar-refractivity contribution in [3.05, 3.63) is 59.2 Å². The van der Waals surface area contributed by atoms with Gasteiger partial charge >= 0.3 is 0 Å². The minimum absolute atomic E-state index is 0.0327. The van der Waals surface area contributed by atoms with Crippen molar-refractivity contribution in [3.63, 3.8) is 0 Å². The van der Waals surface area contributed by atoms with Crippen LogP contribution >= 0.6 is 0 Å². The molecule has 1 heterocycles. The van der Waals surface area contributed by atoms with Gasteiger partial charge in [-0.1, -0.05) is 17.7 Å². The van der Waals surface area contributed by atoms with Crippen molar-refractivity contribution in [1.29, 1.82) is 0 Å². The lowest BCUT2D eigenvalue weighted by atomic mass is 10.1. The topological polar surface area (TPSA) is 43.8 Å². The van der Waals surface area contributed by atoms with Gasteiger partial charge in [0, 0.05) is 37.4 Å². The summed E-state index contributed by atoms with van der Waals surface area (Å²) in [6, 6.07) is 13.0. The van der Waals surface area contributed by atoms with Crippen molar-refractivity contribution in [2.45, 2.75) is 13.8 Å². The number of aryl methyl sites for hydroxylation is 2. The normalized spacial score (nSPS) is 14.9. The van der Waals surface area contributed by atoms with Gasteiger partial charge in [0.25, 0.3) is 5.91 Å². The van der Waals surface area contributed by atoms with E-state index in [4.69, 9.17) is 0 Å². The number of amides is 1. The molecule has 120 valence electrons. The number of phenols is 1. The van der Waals surface area contributed by atoms with Gasteiger partial charge in [0.05, 0.1) is 0 Å². The van der Waals surface area contributed by atoms with Gasteiger partial charge in [-0.05, 0) is 49.7 Å². The molecule has 4 heteroatoms. The smallest absolute Gasteiger partial charge is 0.253 e. The lowest BCUT2D eigenvalue weighted by Gasteiger charge is -2.37. The molecule has 2 aromatic carbocycles. The molecular weight excluding hydrogens is 288 g/mol. The van der Waals surface area contributed by atoms with Gasteiger partial charge in [0.1, 0.15) is 5.75 Å². The van der Waals surface area contributed by atoms with E-state index in [1.54, 1.807) is 24.3 Å². The van der Waals surface area contributed by atoms with Crippen LogP contribution in [0.4, 0.5) is 5.69 Å². The summed E-state index contributed by atoms with van der Waals surface area (Å²) in [5.41, 5.74) is 4.44. The van der Waals surface area contributed by atoms with Gasteiger partial charge < -0.3 is 14.9 Å².